The summed E-state index contributed by atoms with van der Waals surface area (Å²) in [6, 6.07) is 5.12. The minimum Gasteiger partial charge on any atom is -0.203 e. The number of aryl methyl sites for hydroxylation is 2. The van der Waals surface area contributed by atoms with Crippen LogP contribution in [0.4, 0.5) is 17.6 Å². The van der Waals surface area contributed by atoms with Gasteiger partial charge in [0.15, 0.2) is 23.3 Å². The summed E-state index contributed by atoms with van der Waals surface area (Å²) in [5.74, 6) is -3.40. The lowest BCUT2D eigenvalue weighted by Crippen LogP contribution is -1.99. The maximum absolute atomic E-state index is 13.7. The number of hydrogen-bond acceptors (Lipinski definition) is 0. The van der Waals surface area contributed by atoms with E-state index in [1.165, 1.54) is 70.2 Å². The van der Waals surface area contributed by atoms with Crippen LogP contribution in [-0.2, 0) is 0 Å². The summed E-state index contributed by atoms with van der Waals surface area (Å²) in [5, 5.41) is 0. The van der Waals surface area contributed by atoms with Crippen LogP contribution in [0.2, 0.25) is 0 Å². The average Bonchev–Trinajstić information content (AvgIpc) is 2.60. The molecule has 1 saturated carbocycles. The molecule has 0 nitrogen and oxygen atoms in total. The molecule has 0 saturated heterocycles. The van der Waals surface area contributed by atoms with Crippen LogP contribution in [0.25, 0.3) is 11.1 Å². The summed E-state index contributed by atoms with van der Waals surface area (Å²) in [6.45, 7) is 5.15. The van der Waals surface area contributed by atoms with Gasteiger partial charge in [-0.3, -0.25) is 0 Å². The maximum atomic E-state index is 13.7. The third-order valence-corrected chi connectivity index (χ3v) is 4.73. The first-order chi connectivity index (χ1) is 11.8. The fourth-order valence-electron chi connectivity index (χ4n) is 3.01. The van der Waals surface area contributed by atoms with Gasteiger partial charge in [0.2, 0.25) is 0 Å². The predicted octanol–water partition coefficient (Wildman–Crippen LogP) is 7.11. The van der Waals surface area contributed by atoms with Gasteiger partial charge in [-0.1, -0.05) is 63.3 Å². The van der Waals surface area contributed by atoms with Crippen LogP contribution < -0.4 is 0 Å². The van der Waals surface area contributed by atoms with Gasteiger partial charge in [-0.05, 0) is 30.9 Å². The van der Waals surface area contributed by atoms with Crippen molar-refractivity contribution in [2.75, 3.05) is 0 Å². The van der Waals surface area contributed by atoms with E-state index in [9.17, 15) is 17.6 Å². The molecule has 0 N–H and O–H groups in total. The van der Waals surface area contributed by atoms with Crippen LogP contribution in [-0.4, -0.2) is 0 Å². The monoisotopic (exact) mass is 352 g/mol. The highest BCUT2D eigenvalue weighted by Gasteiger charge is 2.18. The lowest BCUT2D eigenvalue weighted by molar-refractivity contribution is 0.385. The Morgan fingerprint density at radius 3 is 1.36 bits per heavy atom. The first-order valence-corrected chi connectivity index (χ1v) is 8.72. The van der Waals surface area contributed by atoms with E-state index in [0.29, 0.717) is 0 Å². The number of hydrogen-bond donors (Lipinski definition) is 0. The van der Waals surface area contributed by atoms with Gasteiger partial charge < -0.3 is 0 Å². The summed E-state index contributed by atoms with van der Waals surface area (Å²) in [5.41, 5.74) is -0.336. The smallest absolute Gasteiger partial charge is 0.167 e. The van der Waals surface area contributed by atoms with E-state index >= 15 is 0 Å². The highest BCUT2D eigenvalue weighted by molar-refractivity contribution is 5.66. The van der Waals surface area contributed by atoms with E-state index < -0.39 is 23.3 Å². The van der Waals surface area contributed by atoms with Crippen molar-refractivity contribution in [2.24, 2.45) is 5.92 Å². The molecular formula is C21H24F4. The molecule has 0 radical (unpaired) electrons. The number of halogens is 4. The molecule has 2 aromatic carbocycles. The molecule has 0 spiro atoms. The first-order valence-electron chi connectivity index (χ1n) is 8.72. The molecule has 136 valence electrons. The Hall–Kier alpha value is -1.84. The Bertz CT molecular complexity index is 676. The van der Waals surface area contributed by atoms with E-state index in [1.807, 2.05) is 0 Å². The standard InChI is InChI=1S/C14H10F4.C7H14/c1-7-3-5-9(13(17)11(7)15)10-6-4-8(2)12(16)14(10)18;1-7-5-3-2-4-6-7/h3-6H,1-2H3;7H,2-6H2,1H3. The van der Waals surface area contributed by atoms with Gasteiger partial charge in [-0.2, -0.15) is 0 Å². The van der Waals surface area contributed by atoms with Gasteiger partial charge in [0.25, 0.3) is 0 Å². The Kier molecular flexibility index (Phi) is 6.63. The summed E-state index contributed by atoms with van der Waals surface area (Å²) in [7, 11) is 0. The molecule has 0 heterocycles. The summed E-state index contributed by atoms with van der Waals surface area (Å²) in [6.07, 6.45) is 7.44. The molecular weight excluding hydrogens is 328 g/mol. The van der Waals surface area contributed by atoms with Gasteiger partial charge in [-0.15, -0.1) is 0 Å². The van der Waals surface area contributed by atoms with Crippen LogP contribution in [0.3, 0.4) is 0 Å². The second-order valence-corrected chi connectivity index (χ2v) is 6.86. The number of rotatable bonds is 1. The van der Waals surface area contributed by atoms with Crippen molar-refractivity contribution in [1.82, 2.24) is 0 Å². The molecule has 0 aliphatic heterocycles. The Labute approximate surface area is 146 Å². The molecule has 25 heavy (non-hydrogen) atoms. The molecule has 3 rings (SSSR count). The van der Waals surface area contributed by atoms with Crippen LogP contribution in [0.5, 0.6) is 0 Å². The van der Waals surface area contributed by atoms with Crippen molar-refractivity contribution in [3.63, 3.8) is 0 Å². The average molecular weight is 352 g/mol. The van der Waals surface area contributed by atoms with E-state index in [1.54, 1.807) is 0 Å². The Morgan fingerprint density at radius 1 is 0.640 bits per heavy atom. The van der Waals surface area contributed by atoms with Crippen LogP contribution in [0, 0.1) is 43.0 Å². The van der Waals surface area contributed by atoms with Crippen molar-refractivity contribution in [3.8, 4) is 11.1 Å². The predicted molar refractivity (Wildman–Crippen MR) is 93.4 cm³/mol. The van der Waals surface area contributed by atoms with Crippen molar-refractivity contribution in [3.05, 3.63) is 58.7 Å². The van der Waals surface area contributed by atoms with Crippen LogP contribution in [0.1, 0.15) is 50.2 Å². The first kappa shape index (κ1) is 19.5. The second-order valence-electron chi connectivity index (χ2n) is 6.86. The van der Waals surface area contributed by atoms with Crippen molar-refractivity contribution >= 4 is 0 Å². The third kappa shape index (κ3) is 4.62. The number of benzene rings is 2. The highest BCUT2D eigenvalue weighted by atomic mass is 19.2. The lowest BCUT2D eigenvalue weighted by atomic mass is 9.91. The quantitative estimate of drug-likeness (QED) is 0.480. The SMILES string of the molecule is CC1CCCCC1.Cc1ccc(-c2ccc(C)c(F)c2F)c(F)c1F. The fraction of sp³-hybridized carbons (Fsp3) is 0.429. The maximum Gasteiger partial charge on any atom is 0.167 e. The molecule has 1 aliphatic rings. The zero-order valence-corrected chi connectivity index (χ0v) is 14.9. The molecule has 2 aromatic rings. The molecule has 0 amide bonds. The van der Waals surface area contributed by atoms with E-state index in [-0.39, 0.29) is 22.3 Å². The molecule has 0 unspecified atom stereocenters. The molecule has 4 heteroatoms. The van der Waals surface area contributed by atoms with Crippen molar-refractivity contribution in [1.29, 1.82) is 0 Å². The van der Waals surface area contributed by atoms with Crippen molar-refractivity contribution < 1.29 is 17.6 Å². The van der Waals surface area contributed by atoms with E-state index in [4.69, 9.17) is 0 Å². The normalized spacial score (nSPS) is 14.8. The largest absolute Gasteiger partial charge is 0.203 e. The summed E-state index contributed by atoms with van der Waals surface area (Å²) < 4.78 is 54.2. The van der Waals surface area contributed by atoms with E-state index in [0.717, 1.165) is 5.92 Å². The van der Waals surface area contributed by atoms with Gasteiger partial charge in [0.05, 0.1) is 0 Å². The van der Waals surface area contributed by atoms with E-state index in [2.05, 4.69) is 6.92 Å². The minimum absolute atomic E-state index is 0.115. The Balaban J connectivity index is 0.000000269. The summed E-state index contributed by atoms with van der Waals surface area (Å²) in [4.78, 5) is 0. The molecule has 0 atom stereocenters. The lowest BCUT2D eigenvalue weighted by Gasteiger charge is -2.15. The zero-order valence-electron chi connectivity index (χ0n) is 14.9. The topological polar surface area (TPSA) is 0 Å². The van der Waals surface area contributed by atoms with Gasteiger partial charge in [0, 0.05) is 11.1 Å². The second kappa shape index (κ2) is 8.50. The zero-order chi connectivity index (χ0) is 18.6. The highest BCUT2D eigenvalue weighted by Crippen LogP contribution is 2.30. The minimum atomic E-state index is -1.17. The van der Waals surface area contributed by atoms with Gasteiger partial charge in [-0.25, -0.2) is 17.6 Å². The molecule has 1 fully saturated rings. The Morgan fingerprint density at radius 2 is 1.04 bits per heavy atom. The fourth-order valence-corrected chi connectivity index (χ4v) is 3.01. The summed E-state index contributed by atoms with van der Waals surface area (Å²) >= 11 is 0. The molecule has 1 aliphatic carbocycles. The van der Waals surface area contributed by atoms with Crippen LogP contribution in [0.15, 0.2) is 24.3 Å². The van der Waals surface area contributed by atoms with Crippen LogP contribution >= 0.6 is 0 Å². The van der Waals surface area contributed by atoms with Gasteiger partial charge in [0.1, 0.15) is 0 Å². The van der Waals surface area contributed by atoms with Gasteiger partial charge >= 0.3 is 0 Å². The molecule has 0 bridgehead atoms. The molecule has 0 aromatic heterocycles. The third-order valence-electron chi connectivity index (χ3n) is 4.73. The van der Waals surface area contributed by atoms with Crippen molar-refractivity contribution in [2.45, 2.75) is 52.9 Å².